The number of allylic oxidation sites excluding steroid dienone is 4. The summed E-state index contributed by atoms with van der Waals surface area (Å²) in [5, 5.41) is 0. The predicted molar refractivity (Wildman–Crippen MR) is 27.9 cm³/mol. The minimum atomic E-state index is -2.97. The van der Waals surface area contributed by atoms with Crippen molar-refractivity contribution >= 4 is 0 Å². The summed E-state index contributed by atoms with van der Waals surface area (Å²) in [6, 6.07) is 0. The highest BCUT2D eigenvalue weighted by atomic mass is 19.3. The lowest BCUT2D eigenvalue weighted by Crippen LogP contribution is -2.13. The molecule has 50 valence electrons. The molecule has 0 aliphatic heterocycles. The van der Waals surface area contributed by atoms with E-state index >= 15 is 0 Å². The van der Waals surface area contributed by atoms with Crippen LogP contribution in [0.4, 0.5) is 13.2 Å². The highest BCUT2D eigenvalue weighted by molar-refractivity contribution is 5.18. The van der Waals surface area contributed by atoms with Crippen LogP contribution < -0.4 is 0 Å². The predicted octanol–water partition coefficient (Wildman–Crippen LogP) is 2.44. The molecule has 1 rings (SSSR count). The molecule has 0 bridgehead atoms. The molecule has 1 aliphatic rings. The van der Waals surface area contributed by atoms with Gasteiger partial charge in [0.2, 0.25) is 0 Å². The Labute approximate surface area is 50.7 Å². The van der Waals surface area contributed by atoms with Gasteiger partial charge in [-0.3, -0.25) is 0 Å². The lowest BCUT2D eigenvalue weighted by Gasteiger charge is -2.11. The smallest absolute Gasteiger partial charge is 0.212 e. The van der Waals surface area contributed by atoms with Crippen molar-refractivity contribution in [2.75, 3.05) is 0 Å². The van der Waals surface area contributed by atoms with Crippen molar-refractivity contribution in [3.8, 4) is 0 Å². The first-order valence-electron chi connectivity index (χ1n) is 2.52. The van der Waals surface area contributed by atoms with Crippen molar-refractivity contribution in [2.45, 2.75) is 12.3 Å². The van der Waals surface area contributed by atoms with Gasteiger partial charge in [-0.05, 0) is 12.2 Å². The van der Waals surface area contributed by atoms with Crippen LogP contribution in [0, 0.1) is 0 Å². The van der Waals surface area contributed by atoms with E-state index in [-0.39, 0.29) is 0 Å². The maximum absolute atomic E-state index is 12.1. The number of hydrogen-bond donors (Lipinski definition) is 0. The van der Waals surface area contributed by atoms with Crippen molar-refractivity contribution in [2.24, 2.45) is 0 Å². The second kappa shape index (κ2) is 1.90. The Morgan fingerprint density at radius 2 is 2.11 bits per heavy atom. The summed E-state index contributed by atoms with van der Waals surface area (Å²) >= 11 is 0. The zero-order valence-corrected chi connectivity index (χ0v) is 4.57. The largest absolute Gasteiger partial charge is 0.273 e. The Balaban J connectivity index is 2.73. The monoisotopic (exact) mass is 134 g/mol. The van der Waals surface area contributed by atoms with E-state index in [2.05, 4.69) is 0 Å². The molecular formula is C6H5F3. The average Bonchev–Trinajstić information content (AvgIpc) is 1.60. The normalized spacial score (nSPS) is 23.7. The average molecular weight is 134 g/mol. The van der Waals surface area contributed by atoms with Gasteiger partial charge in [0, 0.05) is 0 Å². The maximum atomic E-state index is 12.1. The molecule has 1 aliphatic carbocycles. The van der Waals surface area contributed by atoms with E-state index in [4.69, 9.17) is 0 Å². The van der Waals surface area contributed by atoms with Gasteiger partial charge in [0.05, 0.1) is 6.42 Å². The molecule has 0 amide bonds. The molecule has 0 aromatic heterocycles. The van der Waals surface area contributed by atoms with Crippen LogP contribution in [0.25, 0.3) is 0 Å². The minimum absolute atomic E-state index is 0.691. The molecule has 0 radical (unpaired) electrons. The molecule has 0 heterocycles. The van der Waals surface area contributed by atoms with Gasteiger partial charge in [0.1, 0.15) is 5.83 Å². The second-order valence-corrected chi connectivity index (χ2v) is 1.91. The minimum Gasteiger partial charge on any atom is -0.212 e. The molecule has 0 atom stereocenters. The van der Waals surface area contributed by atoms with Crippen molar-refractivity contribution < 1.29 is 13.2 Å². The van der Waals surface area contributed by atoms with E-state index in [0.29, 0.717) is 6.08 Å². The molecule has 0 saturated carbocycles. The summed E-state index contributed by atoms with van der Waals surface area (Å²) in [5.74, 6) is -3.73. The topological polar surface area (TPSA) is 0 Å². The highest BCUT2D eigenvalue weighted by Crippen LogP contribution is 2.28. The molecule has 0 spiro atoms. The van der Waals surface area contributed by atoms with Crippen LogP contribution in [0.2, 0.25) is 0 Å². The van der Waals surface area contributed by atoms with Gasteiger partial charge in [0.25, 0.3) is 5.92 Å². The first-order valence-corrected chi connectivity index (χ1v) is 2.52. The van der Waals surface area contributed by atoms with Crippen LogP contribution in [-0.4, -0.2) is 5.92 Å². The molecule has 0 fully saturated rings. The number of alkyl halides is 2. The van der Waals surface area contributed by atoms with E-state index in [1.807, 2.05) is 0 Å². The van der Waals surface area contributed by atoms with Crippen molar-refractivity contribution in [1.82, 2.24) is 0 Å². The zero-order valence-electron chi connectivity index (χ0n) is 4.57. The first-order chi connectivity index (χ1) is 4.10. The standard InChI is InChI=1S/C6H5F3/c7-5-2-1-3-6(8,9)4-5/h1-3H,4H2. The SMILES string of the molecule is FC1=CC=CC(F)(F)C1. The molecule has 0 aromatic rings. The lowest BCUT2D eigenvalue weighted by molar-refractivity contribution is 0.0484. The zero-order chi connectivity index (χ0) is 6.91. The molecular weight excluding hydrogens is 129 g/mol. The third-order valence-electron chi connectivity index (χ3n) is 1.02. The number of rotatable bonds is 0. The van der Waals surface area contributed by atoms with Gasteiger partial charge < -0.3 is 0 Å². The highest BCUT2D eigenvalue weighted by Gasteiger charge is 2.28. The van der Waals surface area contributed by atoms with Crippen LogP contribution in [-0.2, 0) is 0 Å². The molecule has 0 N–H and O–H groups in total. The molecule has 0 saturated heterocycles. The Bertz CT molecular complexity index is 167. The van der Waals surface area contributed by atoms with Crippen molar-refractivity contribution in [1.29, 1.82) is 0 Å². The van der Waals surface area contributed by atoms with Crippen LogP contribution in [0.5, 0.6) is 0 Å². The van der Waals surface area contributed by atoms with E-state index < -0.39 is 18.2 Å². The summed E-state index contributed by atoms with van der Waals surface area (Å²) in [4.78, 5) is 0. The van der Waals surface area contributed by atoms with Crippen molar-refractivity contribution in [3.05, 3.63) is 24.1 Å². The van der Waals surface area contributed by atoms with Gasteiger partial charge in [0.15, 0.2) is 0 Å². The van der Waals surface area contributed by atoms with E-state index in [0.717, 1.165) is 12.2 Å². The fourth-order valence-electron chi connectivity index (χ4n) is 0.636. The van der Waals surface area contributed by atoms with Crippen LogP contribution in [0.3, 0.4) is 0 Å². The molecule has 3 heteroatoms. The van der Waals surface area contributed by atoms with Gasteiger partial charge >= 0.3 is 0 Å². The lowest BCUT2D eigenvalue weighted by atomic mass is 10.1. The Hall–Kier alpha value is -0.730. The fourth-order valence-corrected chi connectivity index (χ4v) is 0.636. The fraction of sp³-hybridized carbons (Fsp3) is 0.333. The quantitative estimate of drug-likeness (QED) is 0.477. The van der Waals surface area contributed by atoms with Crippen molar-refractivity contribution in [3.63, 3.8) is 0 Å². The summed E-state index contributed by atoms with van der Waals surface area (Å²) in [7, 11) is 0. The second-order valence-electron chi connectivity index (χ2n) is 1.91. The Morgan fingerprint density at radius 1 is 1.44 bits per heavy atom. The van der Waals surface area contributed by atoms with Gasteiger partial charge in [-0.2, -0.15) is 0 Å². The molecule has 0 unspecified atom stereocenters. The summed E-state index contributed by atoms with van der Waals surface area (Å²) in [6.45, 7) is 0. The molecule has 9 heavy (non-hydrogen) atoms. The molecule has 0 nitrogen and oxygen atoms in total. The van der Waals surface area contributed by atoms with Crippen LogP contribution in [0.1, 0.15) is 6.42 Å². The first kappa shape index (κ1) is 6.39. The summed E-state index contributed by atoms with van der Waals surface area (Å²) in [6.07, 6.45) is 1.97. The van der Waals surface area contributed by atoms with Gasteiger partial charge in [-0.15, -0.1) is 0 Å². The maximum Gasteiger partial charge on any atom is 0.273 e. The van der Waals surface area contributed by atoms with E-state index in [1.165, 1.54) is 0 Å². The van der Waals surface area contributed by atoms with Crippen LogP contribution in [0.15, 0.2) is 24.1 Å². The van der Waals surface area contributed by atoms with Gasteiger partial charge in [-0.1, -0.05) is 6.08 Å². The summed E-state index contributed by atoms with van der Waals surface area (Å²) in [5.41, 5.74) is 0. The van der Waals surface area contributed by atoms with Crippen LogP contribution >= 0.6 is 0 Å². The number of halogens is 3. The summed E-state index contributed by atoms with van der Waals surface area (Å²) < 4.78 is 36.2. The van der Waals surface area contributed by atoms with Gasteiger partial charge in [-0.25, -0.2) is 13.2 Å². The third-order valence-corrected chi connectivity index (χ3v) is 1.02. The van der Waals surface area contributed by atoms with E-state index in [9.17, 15) is 13.2 Å². The number of hydrogen-bond acceptors (Lipinski definition) is 0. The van der Waals surface area contributed by atoms with E-state index in [1.54, 1.807) is 0 Å². The Morgan fingerprint density at radius 3 is 2.44 bits per heavy atom. The Kier molecular flexibility index (Phi) is 1.35. The third kappa shape index (κ3) is 1.59. The molecule has 0 aromatic carbocycles.